The van der Waals surface area contributed by atoms with Gasteiger partial charge in [0, 0.05) is 17.6 Å². The smallest absolute Gasteiger partial charge is 0.338 e. The van der Waals surface area contributed by atoms with Crippen LogP contribution in [0, 0.1) is 12.8 Å². The normalized spacial score (nSPS) is 29.9. The molecule has 2 aliphatic heterocycles. The lowest BCUT2D eigenvalue weighted by Crippen LogP contribution is -2.11. The predicted molar refractivity (Wildman–Crippen MR) is 80.0 cm³/mol. The molecule has 1 aromatic carbocycles. The van der Waals surface area contributed by atoms with Crippen LogP contribution in [0.3, 0.4) is 0 Å². The summed E-state index contributed by atoms with van der Waals surface area (Å²) >= 11 is 0. The van der Waals surface area contributed by atoms with Crippen LogP contribution in [0.4, 0.5) is 0 Å². The molecule has 1 aliphatic carbocycles. The Labute approximate surface area is 133 Å². The Kier molecular flexibility index (Phi) is 3.04. The van der Waals surface area contributed by atoms with Crippen molar-refractivity contribution >= 4 is 11.9 Å². The van der Waals surface area contributed by atoms with Gasteiger partial charge in [0.15, 0.2) is 0 Å². The van der Waals surface area contributed by atoms with Crippen LogP contribution in [0.5, 0.6) is 0 Å². The van der Waals surface area contributed by atoms with E-state index in [1.165, 1.54) is 11.8 Å². The topological polar surface area (TPSA) is 61.8 Å². The highest BCUT2D eigenvalue weighted by atomic mass is 16.7. The van der Waals surface area contributed by atoms with Crippen molar-refractivity contribution in [1.82, 2.24) is 0 Å². The molecule has 5 nitrogen and oxygen atoms in total. The van der Waals surface area contributed by atoms with Gasteiger partial charge in [-0.2, -0.15) is 0 Å². The standard InChI is InChI=1S/C18H16O5/c1-9-4-3-5-11-7-12-13(18(20)23-16(12)15(9)11)8-21-14-6-10(2)17(19)22-14/h3-6,8,12,14,16H,7H2,1-2H3/b13-8+/t12-,14-,16+/m1/s1. The van der Waals surface area contributed by atoms with Gasteiger partial charge >= 0.3 is 11.9 Å². The summed E-state index contributed by atoms with van der Waals surface area (Å²) in [6, 6.07) is 6.11. The average molecular weight is 312 g/mol. The van der Waals surface area contributed by atoms with Crippen LogP contribution in [0.2, 0.25) is 0 Å². The largest absolute Gasteiger partial charge is 0.458 e. The summed E-state index contributed by atoms with van der Waals surface area (Å²) in [5.41, 5.74) is 4.45. The molecule has 0 saturated carbocycles. The van der Waals surface area contributed by atoms with Crippen LogP contribution in [-0.4, -0.2) is 18.2 Å². The van der Waals surface area contributed by atoms with Gasteiger partial charge in [-0.05, 0) is 37.0 Å². The molecule has 1 fully saturated rings. The van der Waals surface area contributed by atoms with Gasteiger partial charge in [0.2, 0.25) is 0 Å². The Morgan fingerprint density at radius 1 is 1.17 bits per heavy atom. The molecule has 3 atom stereocenters. The highest BCUT2D eigenvalue weighted by Crippen LogP contribution is 2.48. The summed E-state index contributed by atoms with van der Waals surface area (Å²) in [5, 5.41) is 0. The van der Waals surface area contributed by atoms with Gasteiger partial charge in [0.1, 0.15) is 6.10 Å². The monoisotopic (exact) mass is 312 g/mol. The highest BCUT2D eigenvalue weighted by molar-refractivity contribution is 5.92. The molecule has 3 aliphatic rings. The molecule has 0 bridgehead atoms. The molecular weight excluding hydrogens is 296 g/mol. The maximum Gasteiger partial charge on any atom is 0.338 e. The summed E-state index contributed by atoms with van der Waals surface area (Å²) in [6.07, 6.45) is 2.72. The van der Waals surface area contributed by atoms with Crippen LogP contribution in [0.15, 0.2) is 41.7 Å². The van der Waals surface area contributed by atoms with Gasteiger partial charge in [-0.1, -0.05) is 18.2 Å². The third kappa shape index (κ3) is 2.15. The number of aryl methyl sites for hydroxylation is 1. The lowest BCUT2D eigenvalue weighted by molar-refractivity contribution is -0.152. The molecule has 0 unspecified atom stereocenters. The Hall–Kier alpha value is -2.56. The number of ether oxygens (including phenoxy) is 3. The first kappa shape index (κ1) is 14.1. The first-order valence-electron chi connectivity index (χ1n) is 7.59. The molecule has 23 heavy (non-hydrogen) atoms. The predicted octanol–water partition coefficient (Wildman–Crippen LogP) is 2.49. The molecule has 1 saturated heterocycles. The molecule has 0 spiro atoms. The zero-order chi connectivity index (χ0) is 16.1. The molecular formula is C18H16O5. The minimum atomic E-state index is -0.771. The molecule has 5 heteroatoms. The minimum absolute atomic E-state index is 0.0409. The fourth-order valence-corrected chi connectivity index (χ4v) is 3.47. The third-order valence-corrected chi connectivity index (χ3v) is 4.63. The van der Waals surface area contributed by atoms with Crippen LogP contribution < -0.4 is 0 Å². The van der Waals surface area contributed by atoms with E-state index in [-0.39, 0.29) is 18.0 Å². The molecule has 4 rings (SSSR count). The molecule has 0 N–H and O–H groups in total. The summed E-state index contributed by atoms with van der Waals surface area (Å²) in [7, 11) is 0. The second-order valence-electron chi connectivity index (χ2n) is 6.12. The number of esters is 2. The van der Waals surface area contributed by atoms with Gasteiger partial charge in [-0.25, -0.2) is 9.59 Å². The van der Waals surface area contributed by atoms with Crippen molar-refractivity contribution in [3.63, 3.8) is 0 Å². The van der Waals surface area contributed by atoms with Crippen molar-refractivity contribution in [3.05, 3.63) is 58.4 Å². The summed E-state index contributed by atoms with van der Waals surface area (Å²) < 4.78 is 16.0. The van der Waals surface area contributed by atoms with Gasteiger partial charge in [-0.3, -0.25) is 0 Å². The number of benzene rings is 1. The van der Waals surface area contributed by atoms with Crippen molar-refractivity contribution < 1.29 is 23.8 Å². The van der Waals surface area contributed by atoms with Crippen molar-refractivity contribution in [1.29, 1.82) is 0 Å². The second-order valence-corrected chi connectivity index (χ2v) is 6.12. The van der Waals surface area contributed by atoms with Crippen molar-refractivity contribution in [2.24, 2.45) is 5.92 Å². The molecule has 0 radical (unpaired) electrons. The fourth-order valence-electron chi connectivity index (χ4n) is 3.47. The minimum Gasteiger partial charge on any atom is -0.458 e. The lowest BCUT2D eigenvalue weighted by Gasteiger charge is -2.11. The van der Waals surface area contributed by atoms with E-state index in [9.17, 15) is 9.59 Å². The van der Waals surface area contributed by atoms with E-state index >= 15 is 0 Å². The number of cyclic esters (lactones) is 1. The SMILES string of the molecule is CC1=C[C@H](O/C=C2/C(=O)O[C@@H]3c4c(C)cccc4C[C@H]23)OC1=O. The quantitative estimate of drug-likeness (QED) is 0.477. The third-order valence-electron chi connectivity index (χ3n) is 4.63. The maximum absolute atomic E-state index is 12.1. The van der Waals surface area contributed by atoms with Crippen molar-refractivity contribution in [2.75, 3.05) is 0 Å². The number of rotatable bonds is 2. The van der Waals surface area contributed by atoms with Gasteiger partial charge in [0.25, 0.3) is 6.29 Å². The van der Waals surface area contributed by atoms with Gasteiger partial charge in [-0.15, -0.1) is 0 Å². The molecule has 0 amide bonds. The second kappa shape index (κ2) is 4.98. The average Bonchev–Trinajstić information content (AvgIpc) is 3.10. The van der Waals surface area contributed by atoms with E-state index in [1.54, 1.807) is 13.0 Å². The number of carbonyl (C=O) groups excluding carboxylic acids is 2. The van der Waals surface area contributed by atoms with E-state index < -0.39 is 12.3 Å². The van der Waals surface area contributed by atoms with Crippen LogP contribution in [0.25, 0.3) is 0 Å². The van der Waals surface area contributed by atoms with E-state index in [0.717, 1.165) is 17.5 Å². The number of carbonyl (C=O) groups is 2. The molecule has 0 aromatic heterocycles. The van der Waals surface area contributed by atoms with Crippen molar-refractivity contribution in [2.45, 2.75) is 32.7 Å². The Bertz CT molecular complexity index is 774. The van der Waals surface area contributed by atoms with Crippen molar-refractivity contribution in [3.8, 4) is 0 Å². The lowest BCUT2D eigenvalue weighted by atomic mass is 9.97. The Balaban J connectivity index is 1.58. The van der Waals surface area contributed by atoms with E-state index in [1.807, 2.05) is 19.1 Å². The van der Waals surface area contributed by atoms with Gasteiger partial charge in [0.05, 0.1) is 11.8 Å². The maximum atomic E-state index is 12.1. The highest BCUT2D eigenvalue weighted by Gasteiger charge is 2.47. The van der Waals surface area contributed by atoms with Crippen LogP contribution in [-0.2, 0) is 30.2 Å². The zero-order valence-corrected chi connectivity index (χ0v) is 12.9. The summed E-state index contributed by atoms with van der Waals surface area (Å²) in [5.74, 6) is -0.802. The van der Waals surface area contributed by atoms with E-state index in [2.05, 4.69) is 6.07 Å². The number of hydrogen-bond acceptors (Lipinski definition) is 5. The summed E-state index contributed by atoms with van der Waals surface area (Å²) in [4.78, 5) is 23.5. The Morgan fingerprint density at radius 3 is 2.74 bits per heavy atom. The molecule has 118 valence electrons. The number of fused-ring (bicyclic) bond motifs is 3. The first-order chi connectivity index (χ1) is 11.0. The number of hydrogen-bond donors (Lipinski definition) is 0. The fraction of sp³-hybridized carbons (Fsp3) is 0.333. The first-order valence-corrected chi connectivity index (χ1v) is 7.59. The summed E-state index contributed by atoms with van der Waals surface area (Å²) in [6.45, 7) is 3.69. The van der Waals surface area contributed by atoms with E-state index in [0.29, 0.717) is 11.1 Å². The zero-order valence-electron chi connectivity index (χ0n) is 12.9. The van der Waals surface area contributed by atoms with Crippen LogP contribution >= 0.6 is 0 Å². The molecule has 1 aromatic rings. The van der Waals surface area contributed by atoms with Crippen LogP contribution in [0.1, 0.15) is 29.7 Å². The van der Waals surface area contributed by atoms with Gasteiger partial charge < -0.3 is 14.2 Å². The Morgan fingerprint density at radius 2 is 2.00 bits per heavy atom. The molecule has 2 heterocycles. The van der Waals surface area contributed by atoms with E-state index in [4.69, 9.17) is 14.2 Å².